The van der Waals surface area contributed by atoms with Gasteiger partial charge in [-0.2, -0.15) is 0 Å². The number of aliphatic hydroxyl groups excluding tert-OH is 1. The van der Waals surface area contributed by atoms with Crippen LogP contribution in [0.5, 0.6) is 0 Å². The van der Waals surface area contributed by atoms with E-state index < -0.39 is 6.10 Å². The molecule has 0 rings (SSSR count). The molecule has 5 nitrogen and oxygen atoms in total. The molecular weight excluding hydrogens is 957 g/mol. The maximum atomic E-state index is 12.3. The van der Waals surface area contributed by atoms with Gasteiger partial charge in [0.1, 0.15) is 6.61 Å². The summed E-state index contributed by atoms with van der Waals surface area (Å²) in [6.07, 6.45) is 103. The van der Waals surface area contributed by atoms with Crippen molar-refractivity contribution in [1.82, 2.24) is 0 Å². The van der Waals surface area contributed by atoms with Gasteiger partial charge in [-0.15, -0.1) is 0 Å². The molecule has 0 saturated carbocycles. The van der Waals surface area contributed by atoms with Crippen molar-refractivity contribution in [2.45, 2.75) is 264 Å². The summed E-state index contributed by atoms with van der Waals surface area (Å²) in [5, 5.41) is 9.68. The molecule has 1 atom stereocenters. The molecule has 78 heavy (non-hydrogen) atoms. The van der Waals surface area contributed by atoms with E-state index in [1.165, 1.54) is 96.3 Å². The molecule has 0 spiro atoms. The van der Waals surface area contributed by atoms with Crippen LogP contribution in [0, 0.1) is 0 Å². The molecule has 0 aliphatic heterocycles. The van der Waals surface area contributed by atoms with Crippen LogP contribution < -0.4 is 0 Å². The summed E-state index contributed by atoms with van der Waals surface area (Å²) in [6.45, 7) is 3.91. The third-order valence-corrected chi connectivity index (χ3v) is 13.0. The average Bonchev–Trinajstić information content (AvgIpc) is 3.44. The van der Waals surface area contributed by atoms with Gasteiger partial charge in [0, 0.05) is 12.8 Å². The van der Waals surface area contributed by atoms with E-state index in [-0.39, 0.29) is 25.2 Å². The van der Waals surface area contributed by atoms with Gasteiger partial charge in [-0.3, -0.25) is 9.59 Å². The van der Waals surface area contributed by atoms with Gasteiger partial charge in [0.25, 0.3) is 0 Å². The number of ether oxygens (including phenoxy) is 2. The molecule has 0 amide bonds. The Morgan fingerprint density at radius 2 is 0.513 bits per heavy atom. The van der Waals surface area contributed by atoms with Crippen molar-refractivity contribution < 1.29 is 24.2 Å². The molecule has 0 aromatic carbocycles. The summed E-state index contributed by atoms with van der Waals surface area (Å²) >= 11 is 0. The first-order chi connectivity index (χ1) is 38.6. The van der Waals surface area contributed by atoms with E-state index in [1.807, 2.05) is 0 Å². The number of esters is 2. The third-order valence-electron chi connectivity index (χ3n) is 13.0. The third kappa shape index (κ3) is 63.8. The van der Waals surface area contributed by atoms with E-state index in [9.17, 15) is 14.7 Å². The van der Waals surface area contributed by atoms with Gasteiger partial charge in [0.2, 0.25) is 0 Å². The molecule has 0 fully saturated rings. The highest BCUT2D eigenvalue weighted by molar-refractivity contribution is 5.70. The van der Waals surface area contributed by atoms with Crippen molar-refractivity contribution in [3.8, 4) is 0 Å². The normalized spacial score (nSPS) is 13.4. The van der Waals surface area contributed by atoms with Gasteiger partial charge in [-0.25, -0.2) is 0 Å². The lowest BCUT2D eigenvalue weighted by atomic mass is 10.0. The van der Waals surface area contributed by atoms with Crippen LogP contribution in [0.15, 0.2) is 170 Å². The Kier molecular flexibility index (Phi) is 62.5. The van der Waals surface area contributed by atoms with Crippen molar-refractivity contribution in [1.29, 1.82) is 0 Å². The minimum atomic E-state index is -0.791. The second-order valence-corrected chi connectivity index (χ2v) is 20.4. The van der Waals surface area contributed by atoms with Crippen LogP contribution in [0.4, 0.5) is 0 Å². The maximum Gasteiger partial charge on any atom is 0.306 e. The first-order valence-electron chi connectivity index (χ1n) is 31.7. The lowest BCUT2D eigenvalue weighted by Gasteiger charge is -2.15. The fourth-order valence-corrected chi connectivity index (χ4v) is 8.34. The van der Waals surface area contributed by atoms with E-state index in [2.05, 4.69) is 184 Å². The quantitative estimate of drug-likeness (QED) is 0.0373. The highest BCUT2D eigenvalue weighted by Crippen LogP contribution is 2.15. The van der Waals surface area contributed by atoms with Crippen molar-refractivity contribution in [2.75, 3.05) is 13.2 Å². The van der Waals surface area contributed by atoms with Crippen LogP contribution in [-0.2, 0) is 19.1 Å². The van der Waals surface area contributed by atoms with E-state index in [0.717, 1.165) is 135 Å². The van der Waals surface area contributed by atoms with Gasteiger partial charge in [-0.1, -0.05) is 287 Å². The number of rotatable bonds is 56. The Morgan fingerprint density at radius 1 is 0.295 bits per heavy atom. The molecule has 0 aliphatic rings. The Morgan fingerprint density at radius 3 is 0.769 bits per heavy atom. The Hall–Kier alpha value is -4.74. The SMILES string of the molecule is CC/C=C\C/C=C\C/C=C\C/C=C\C/C=C\C/C=C\C/C=C\C/C=C\C/C=C\C/C=C\CCCCCCCCCCC(=O)OC(CO)COC(=O)CCCCCCCCCCCCCC/C=C\C/C=C\C/C=C\C/C=C\CC. The number of hydrogen-bond donors (Lipinski definition) is 1. The first-order valence-corrected chi connectivity index (χ1v) is 31.7. The highest BCUT2D eigenvalue weighted by atomic mass is 16.6. The van der Waals surface area contributed by atoms with Gasteiger partial charge < -0.3 is 14.6 Å². The van der Waals surface area contributed by atoms with Crippen molar-refractivity contribution >= 4 is 11.9 Å². The number of carbonyl (C=O) groups is 2. The van der Waals surface area contributed by atoms with Crippen LogP contribution in [-0.4, -0.2) is 36.4 Å². The molecule has 1 unspecified atom stereocenters. The Bertz CT molecular complexity index is 1740. The number of hydrogen-bond acceptors (Lipinski definition) is 5. The summed E-state index contributed by atoms with van der Waals surface area (Å²) in [5.74, 6) is -0.610. The van der Waals surface area contributed by atoms with Gasteiger partial charge in [-0.05, 0) is 128 Å². The average molecular weight is 1070 g/mol. The summed E-state index contributed by atoms with van der Waals surface area (Å²) in [5.41, 5.74) is 0. The first kappa shape index (κ1) is 73.3. The van der Waals surface area contributed by atoms with E-state index in [0.29, 0.717) is 12.8 Å². The summed E-state index contributed by atoms with van der Waals surface area (Å²) in [4.78, 5) is 24.6. The Labute approximate surface area is 481 Å². The summed E-state index contributed by atoms with van der Waals surface area (Å²) < 4.78 is 10.7. The predicted molar refractivity (Wildman–Crippen MR) is 343 cm³/mol. The molecule has 0 aromatic rings. The highest BCUT2D eigenvalue weighted by Gasteiger charge is 2.16. The zero-order valence-corrected chi connectivity index (χ0v) is 50.1. The number of unbranched alkanes of at least 4 members (excludes halogenated alkanes) is 20. The minimum absolute atomic E-state index is 0.0796. The predicted octanol–water partition coefficient (Wildman–Crippen LogP) is 22.1. The minimum Gasteiger partial charge on any atom is -0.462 e. The lowest BCUT2D eigenvalue weighted by Crippen LogP contribution is -2.28. The molecule has 0 aromatic heterocycles. The maximum absolute atomic E-state index is 12.3. The van der Waals surface area contributed by atoms with E-state index >= 15 is 0 Å². The smallest absolute Gasteiger partial charge is 0.306 e. The van der Waals surface area contributed by atoms with Crippen molar-refractivity contribution in [3.63, 3.8) is 0 Å². The molecule has 0 radical (unpaired) electrons. The largest absolute Gasteiger partial charge is 0.462 e. The lowest BCUT2D eigenvalue weighted by molar-refractivity contribution is -0.161. The summed E-state index contributed by atoms with van der Waals surface area (Å²) in [6, 6.07) is 0. The van der Waals surface area contributed by atoms with Crippen LogP contribution in [0.3, 0.4) is 0 Å². The fourth-order valence-electron chi connectivity index (χ4n) is 8.34. The molecular formula is C73H116O5. The number of aliphatic hydroxyl groups is 1. The monoisotopic (exact) mass is 1070 g/mol. The molecule has 5 heteroatoms. The van der Waals surface area contributed by atoms with Crippen LogP contribution in [0.1, 0.15) is 258 Å². The van der Waals surface area contributed by atoms with Crippen LogP contribution in [0.2, 0.25) is 0 Å². The molecule has 0 aliphatic carbocycles. The number of carbonyl (C=O) groups excluding carboxylic acids is 2. The summed E-state index contributed by atoms with van der Waals surface area (Å²) in [7, 11) is 0. The van der Waals surface area contributed by atoms with Crippen molar-refractivity contribution in [3.05, 3.63) is 170 Å². The van der Waals surface area contributed by atoms with Gasteiger partial charge >= 0.3 is 11.9 Å². The van der Waals surface area contributed by atoms with Gasteiger partial charge in [0.05, 0.1) is 6.61 Å². The van der Waals surface area contributed by atoms with Crippen LogP contribution >= 0.6 is 0 Å². The second kappa shape index (κ2) is 66.5. The zero-order chi connectivity index (χ0) is 56.2. The van der Waals surface area contributed by atoms with Gasteiger partial charge in [0.15, 0.2) is 6.10 Å². The van der Waals surface area contributed by atoms with E-state index in [4.69, 9.17) is 9.47 Å². The van der Waals surface area contributed by atoms with E-state index in [1.54, 1.807) is 0 Å². The van der Waals surface area contributed by atoms with Crippen molar-refractivity contribution in [2.24, 2.45) is 0 Å². The second-order valence-electron chi connectivity index (χ2n) is 20.4. The number of allylic oxidation sites excluding steroid dienone is 28. The molecule has 438 valence electrons. The van der Waals surface area contributed by atoms with Crippen LogP contribution in [0.25, 0.3) is 0 Å². The topological polar surface area (TPSA) is 72.8 Å². The molecule has 1 N–H and O–H groups in total. The molecule has 0 saturated heterocycles. The fraction of sp³-hybridized carbons (Fsp3) is 0.589. The Balaban J connectivity index is 3.59. The zero-order valence-electron chi connectivity index (χ0n) is 50.1. The molecule has 0 heterocycles. The standard InChI is InChI=1S/C73H116O5/c1-3-5-7-9-11-13-15-17-19-21-23-25-27-29-30-31-32-33-34-35-36-37-38-39-40-41-42-44-46-48-50-52-54-56-58-60-62-64-66-68-73(76)78-71(69-74)70-77-72(75)67-65-63-61-59-57-55-53-51-49-47-45-43-28-26-24-22-20-18-16-14-12-10-8-6-4-2/h5-8,11-14,17-20,23-26,29-30,32-33,35-36,38-39,41-42,46,48,71,74H,3-4,9-10,15-16,21-22,27-28,31,34,37,40,43-45,47,49-70H2,1-2H3/b7-5-,8-6-,13-11-,14-12-,19-17-,20-18-,25-23-,26-24-,30-29-,33-32-,36-35-,39-38-,42-41-,48-46-. The molecule has 0 bridgehead atoms.